The van der Waals surface area contributed by atoms with E-state index >= 15 is 0 Å². The van der Waals surface area contributed by atoms with Gasteiger partial charge in [-0.15, -0.1) is 0 Å². The van der Waals surface area contributed by atoms with E-state index in [1.165, 1.54) is 11.3 Å². The van der Waals surface area contributed by atoms with Crippen LogP contribution in [0, 0.1) is 0 Å². The van der Waals surface area contributed by atoms with Crippen molar-refractivity contribution in [2.75, 3.05) is 55.0 Å². The molecular weight excluding hydrogens is 544 g/mol. The highest BCUT2D eigenvalue weighted by Gasteiger charge is 2.20. The van der Waals surface area contributed by atoms with Crippen LogP contribution in [0.3, 0.4) is 0 Å². The van der Waals surface area contributed by atoms with Crippen molar-refractivity contribution < 1.29 is 14.1 Å². The van der Waals surface area contributed by atoms with Crippen molar-refractivity contribution >= 4 is 50.1 Å². The number of thiazole rings is 1. The van der Waals surface area contributed by atoms with Crippen LogP contribution in [0.4, 0.5) is 22.2 Å². The van der Waals surface area contributed by atoms with E-state index in [0.717, 1.165) is 59.4 Å². The van der Waals surface area contributed by atoms with Crippen molar-refractivity contribution in [1.29, 1.82) is 0 Å². The van der Waals surface area contributed by atoms with Crippen LogP contribution in [0.25, 0.3) is 26.6 Å². The number of rotatable bonds is 7. The molecule has 0 saturated carbocycles. The third-order valence-electron chi connectivity index (χ3n) is 6.79. The fourth-order valence-electron chi connectivity index (χ4n) is 4.43. The molecule has 13 nitrogen and oxygen atoms in total. The predicted octanol–water partition coefficient (Wildman–Crippen LogP) is 3.95. The lowest BCUT2D eigenvalue weighted by molar-refractivity contribution is 0.0391. The molecule has 5 aromatic rings. The number of urea groups is 1. The number of benzene rings is 1. The molecule has 0 bridgehead atoms. The SMILES string of the molecule is CC(C)(C)c1cc(NC(=O)Nc2ccc(-c3cn4c(n3)sc3nc(N(N)CCN5CCOCC5)ncc34)cc2)no1. The summed E-state index contributed by atoms with van der Waals surface area (Å²) in [7, 11) is 0. The molecule has 1 aliphatic heterocycles. The third-order valence-corrected chi connectivity index (χ3v) is 7.76. The van der Waals surface area contributed by atoms with Crippen molar-refractivity contribution in [3.8, 4) is 11.3 Å². The first-order valence-corrected chi connectivity index (χ1v) is 14.2. The molecule has 6 rings (SSSR count). The second kappa shape index (κ2) is 11.0. The molecule has 1 saturated heterocycles. The Morgan fingerprint density at radius 3 is 2.66 bits per heavy atom. The van der Waals surface area contributed by atoms with E-state index in [-0.39, 0.29) is 5.41 Å². The number of aromatic nitrogens is 5. The number of nitrogens with two attached hydrogens (primary N) is 1. The van der Waals surface area contributed by atoms with Gasteiger partial charge in [0.05, 0.1) is 25.1 Å². The van der Waals surface area contributed by atoms with Gasteiger partial charge in [-0.2, -0.15) is 4.98 Å². The number of imidazole rings is 1. The average Bonchev–Trinajstić information content (AvgIpc) is 3.67. The first-order valence-electron chi connectivity index (χ1n) is 13.4. The van der Waals surface area contributed by atoms with Crippen LogP contribution in [0.1, 0.15) is 26.5 Å². The predicted molar refractivity (Wildman–Crippen MR) is 158 cm³/mol. The summed E-state index contributed by atoms with van der Waals surface area (Å²) in [5.74, 6) is 7.80. The number of fused-ring (bicyclic) bond motifs is 3. The van der Waals surface area contributed by atoms with E-state index in [1.54, 1.807) is 17.3 Å². The molecule has 5 heterocycles. The van der Waals surface area contributed by atoms with E-state index in [1.807, 2.05) is 55.6 Å². The molecule has 1 aromatic carbocycles. The van der Waals surface area contributed by atoms with Crippen molar-refractivity contribution in [2.24, 2.45) is 5.84 Å². The Balaban J connectivity index is 1.10. The number of ether oxygens (including phenoxy) is 1. The highest BCUT2D eigenvalue weighted by molar-refractivity contribution is 7.23. The lowest BCUT2D eigenvalue weighted by Gasteiger charge is -2.28. The zero-order valence-electron chi connectivity index (χ0n) is 23.1. The highest BCUT2D eigenvalue weighted by Crippen LogP contribution is 2.29. The smallest absolute Gasteiger partial charge is 0.324 e. The molecule has 0 radical (unpaired) electrons. The van der Waals surface area contributed by atoms with Crippen LogP contribution in [0.15, 0.2) is 47.2 Å². The van der Waals surface area contributed by atoms with Crippen molar-refractivity contribution in [2.45, 2.75) is 26.2 Å². The molecular formula is C27H32N10O3S. The maximum atomic E-state index is 12.4. The average molecular weight is 577 g/mol. The topological polar surface area (TPSA) is 152 Å². The standard InChI is InChI=1S/C27H32N10O3S/c1-27(2,3)21-14-22(34-40-21)32-25(38)30-18-6-4-17(5-7-18)19-16-36-20-15-29-24(33-23(20)41-26(36)31-19)37(28)9-8-35-10-12-39-13-11-35/h4-7,14-16H,8-13,28H2,1-3H3,(H2,30,32,34,38). The zero-order valence-corrected chi connectivity index (χ0v) is 23.9. The van der Waals surface area contributed by atoms with Gasteiger partial charge in [0.15, 0.2) is 10.8 Å². The minimum absolute atomic E-state index is 0.196. The monoisotopic (exact) mass is 576 g/mol. The van der Waals surface area contributed by atoms with E-state index in [4.69, 9.17) is 20.1 Å². The molecule has 14 heteroatoms. The summed E-state index contributed by atoms with van der Waals surface area (Å²) < 4.78 is 12.7. The molecule has 1 aliphatic rings. The Hall–Kier alpha value is -4.11. The Kier molecular flexibility index (Phi) is 7.30. The van der Waals surface area contributed by atoms with Gasteiger partial charge in [0.25, 0.3) is 0 Å². The number of hydrogen-bond donors (Lipinski definition) is 3. The summed E-state index contributed by atoms with van der Waals surface area (Å²) in [6.07, 6.45) is 3.74. The molecule has 41 heavy (non-hydrogen) atoms. The van der Waals surface area contributed by atoms with Crippen LogP contribution in [-0.4, -0.2) is 74.8 Å². The van der Waals surface area contributed by atoms with Gasteiger partial charge in [-0.05, 0) is 12.1 Å². The highest BCUT2D eigenvalue weighted by atomic mass is 32.1. The first kappa shape index (κ1) is 27.1. The minimum atomic E-state index is -0.406. The maximum Gasteiger partial charge on any atom is 0.324 e. The normalized spacial score (nSPS) is 14.5. The summed E-state index contributed by atoms with van der Waals surface area (Å²) in [4.78, 5) is 30.4. The number of nitrogens with one attached hydrogen (secondary N) is 2. The molecule has 0 aliphatic carbocycles. The lowest BCUT2D eigenvalue weighted by atomic mass is 9.93. The molecule has 0 unspecified atom stereocenters. The number of carbonyl (C=O) groups is 1. The summed E-state index contributed by atoms with van der Waals surface area (Å²) >= 11 is 1.48. The number of nitrogens with zero attached hydrogens (tertiary/aromatic N) is 7. The summed E-state index contributed by atoms with van der Waals surface area (Å²) in [6, 6.07) is 8.79. The van der Waals surface area contributed by atoms with Crippen LogP contribution >= 0.6 is 11.3 Å². The number of amides is 2. The van der Waals surface area contributed by atoms with Gasteiger partial charge < -0.3 is 14.6 Å². The van der Waals surface area contributed by atoms with Crippen LogP contribution in [0.2, 0.25) is 0 Å². The first-order chi connectivity index (χ1) is 19.7. The van der Waals surface area contributed by atoms with E-state index < -0.39 is 6.03 Å². The van der Waals surface area contributed by atoms with E-state index in [0.29, 0.717) is 29.8 Å². The number of carbonyl (C=O) groups excluding carboxylic acids is 1. The van der Waals surface area contributed by atoms with E-state index in [2.05, 4.69) is 30.7 Å². The lowest BCUT2D eigenvalue weighted by Crippen LogP contribution is -2.44. The maximum absolute atomic E-state index is 12.4. The Morgan fingerprint density at radius 2 is 1.93 bits per heavy atom. The quantitative estimate of drug-likeness (QED) is 0.192. The number of morpholine rings is 1. The zero-order chi connectivity index (χ0) is 28.6. The van der Waals surface area contributed by atoms with Gasteiger partial charge in [-0.1, -0.05) is 49.4 Å². The van der Waals surface area contributed by atoms with Crippen molar-refractivity contribution in [1.82, 2.24) is 29.4 Å². The molecule has 214 valence electrons. The minimum Gasteiger partial charge on any atom is -0.379 e. The number of hydrazine groups is 1. The molecule has 1 fully saturated rings. The second-order valence-electron chi connectivity index (χ2n) is 10.9. The molecule has 0 atom stereocenters. The van der Waals surface area contributed by atoms with Gasteiger partial charge in [-0.25, -0.2) is 20.6 Å². The fraction of sp³-hybridized carbons (Fsp3) is 0.370. The number of anilines is 3. The van der Waals surface area contributed by atoms with E-state index in [9.17, 15) is 4.79 Å². The molecule has 4 N–H and O–H groups in total. The molecule has 0 spiro atoms. The Bertz CT molecular complexity index is 1660. The largest absolute Gasteiger partial charge is 0.379 e. The fourth-order valence-corrected chi connectivity index (χ4v) is 5.38. The molecule has 2 amide bonds. The van der Waals surface area contributed by atoms with Gasteiger partial charge in [0.1, 0.15) is 16.1 Å². The van der Waals surface area contributed by atoms with Crippen LogP contribution in [-0.2, 0) is 10.2 Å². The second-order valence-corrected chi connectivity index (χ2v) is 11.8. The molecule has 4 aromatic heterocycles. The van der Waals surface area contributed by atoms with Crippen molar-refractivity contribution in [3.63, 3.8) is 0 Å². The van der Waals surface area contributed by atoms with Crippen LogP contribution < -0.4 is 21.5 Å². The Morgan fingerprint density at radius 1 is 1.15 bits per heavy atom. The summed E-state index contributed by atoms with van der Waals surface area (Å²) in [6.45, 7) is 10.8. The van der Waals surface area contributed by atoms with Gasteiger partial charge in [-0.3, -0.25) is 19.6 Å². The third kappa shape index (κ3) is 6.00. The van der Waals surface area contributed by atoms with Gasteiger partial charge in [0.2, 0.25) is 5.95 Å². The summed E-state index contributed by atoms with van der Waals surface area (Å²) in [5.41, 5.74) is 3.03. The van der Waals surface area contributed by atoms with Gasteiger partial charge >= 0.3 is 6.03 Å². The Labute approximate surface area is 240 Å². The van der Waals surface area contributed by atoms with Crippen molar-refractivity contribution in [3.05, 3.63) is 48.5 Å². The summed E-state index contributed by atoms with van der Waals surface area (Å²) in [5, 5.41) is 11.0. The van der Waals surface area contributed by atoms with Crippen LogP contribution in [0.5, 0.6) is 0 Å². The number of hydrogen-bond acceptors (Lipinski definition) is 11. The van der Waals surface area contributed by atoms with Gasteiger partial charge in [0, 0.05) is 55.1 Å².